The van der Waals surface area contributed by atoms with Gasteiger partial charge >= 0.3 is 6.18 Å². The van der Waals surface area contributed by atoms with Gasteiger partial charge in [0.15, 0.2) is 12.1 Å². The van der Waals surface area contributed by atoms with Gasteiger partial charge in [0, 0.05) is 11.6 Å². The van der Waals surface area contributed by atoms with E-state index in [0.29, 0.717) is 17.2 Å². The minimum atomic E-state index is -4.76. The van der Waals surface area contributed by atoms with Crippen molar-refractivity contribution in [3.63, 3.8) is 0 Å². The molecule has 1 aromatic heterocycles. The van der Waals surface area contributed by atoms with Gasteiger partial charge in [-0.25, -0.2) is 4.39 Å². The van der Waals surface area contributed by atoms with Crippen LogP contribution in [0.3, 0.4) is 0 Å². The number of benzene rings is 1. The Bertz CT molecular complexity index is 849. The topological polar surface area (TPSA) is 61.2 Å². The van der Waals surface area contributed by atoms with Crippen molar-refractivity contribution in [3.05, 3.63) is 50.7 Å². The largest absolute Gasteiger partial charge is 0.484 e. The highest BCUT2D eigenvalue weighted by Gasteiger charge is 2.34. The van der Waals surface area contributed by atoms with E-state index in [2.05, 4.69) is 5.10 Å². The summed E-state index contributed by atoms with van der Waals surface area (Å²) in [5, 5.41) is 3.19. The molecule has 2 aromatic rings. The first-order valence-electron chi connectivity index (χ1n) is 6.38. The number of hydrogen-bond donors (Lipinski definition) is 0. The maximum atomic E-state index is 14.1. The van der Waals surface area contributed by atoms with E-state index in [1.807, 2.05) is 0 Å². The van der Waals surface area contributed by atoms with Gasteiger partial charge in [-0.2, -0.15) is 23.0 Å². The van der Waals surface area contributed by atoms with Gasteiger partial charge in [0.2, 0.25) is 0 Å². The molecule has 0 saturated heterocycles. The summed E-state index contributed by atoms with van der Waals surface area (Å²) >= 11 is 5.74. The van der Waals surface area contributed by atoms with Crippen molar-refractivity contribution in [1.82, 2.24) is 9.78 Å². The molecular weight excluding hydrogens is 356 g/mol. The molecule has 0 radical (unpaired) electrons. The van der Waals surface area contributed by atoms with Crippen molar-refractivity contribution >= 4 is 17.9 Å². The Morgan fingerprint density at radius 3 is 2.62 bits per heavy atom. The summed E-state index contributed by atoms with van der Waals surface area (Å²) in [5.41, 5.74) is -3.45. The average molecular weight is 365 g/mol. The molecule has 0 spiro atoms. The Labute approximate surface area is 137 Å². The summed E-state index contributed by atoms with van der Waals surface area (Å²) in [6.07, 6.45) is -3.91. The second kappa shape index (κ2) is 6.60. The summed E-state index contributed by atoms with van der Waals surface area (Å²) < 4.78 is 57.8. The lowest BCUT2D eigenvalue weighted by Gasteiger charge is -2.13. The molecule has 0 saturated carbocycles. The van der Waals surface area contributed by atoms with Crippen LogP contribution in [0.2, 0.25) is 5.02 Å². The Hall–Kier alpha value is -2.42. The second-order valence-corrected chi connectivity index (χ2v) is 5.02. The summed E-state index contributed by atoms with van der Waals surface area (Å²) in [6.45, 7) is 0.583. The third-order valence-electron chi connectivity index (χ3n) is 3.06. The Morgan fingerprint density at radius 1 is 1.38 bits per heavy atom. The molecule has 2 rings (SSSR count). The van der Waals surface area contributed by atoms with Crippen molar-refractivity contribution < 1.29 is 27.1 Å². The van der Waals surface area contributed by atoms with Crippen LogP contribution in [0.25, 0.3) is 5.69 Å². The Kier molecular flexibility index (Phi) is 4.93. The first-order valence-corrected chi connectivity index (χ1v) is 6.76. The molecule has 0 fully saturated rings. The molecule has 1 aromatic carbocycles. The first kappa shape index (κ1) is 17.9. The number of aromatic nitrogens is 2. The lowest BCUT2D eigenvalue weighted by Crippen LogP contribution is -2.27. The SMILES string of the molecule is Cc1c(C(F)(F)F)cnn(-c2cc(OCC=O)c(Cl)cc2F)c1=O. The lowest BCUT2D eigenvalue weighted by molar-refractivity contribution is -0.138. The maximum Gasteiger partial charge on any atom is 0.418 e. The van der Waals surface area contributed by atoms with Crippen LogP contribution < -0.4 is 10.3 Å². The fourth-order valence-corrected chi connectivity index (χ4v) is 2.12. The van der Waals surface area contributed by atoms with E-state index in [-0.39, 0.29) is 17.4 Å². The molecule has 1 heterocycles. The van der Waals surface area contributed by atoms with Gasteiger partial charge in [0.25, 0.3) is 5.56 Å². The van der Waals surface area contributed by atoms with E-state index in [0.717, 1.165) is 19.1 Å². The van der Waals surface area contributed by atoms with Gasteiger partial charge in [-0.05, 0) is 13.0 Å². The summed E-state index contributed by atoms with van der Waals surface area (Å²) in [7, 11) is 0. The molecule has 0 amide bonds. The summed E-state index contributed by atoms with van der Waals surface area (Å²) in [6, 6.07) is 1.78. The van der Waals surface area contributed by atoms with Crippen LogP contribution in [-0.4, -0.2) is 22.7 Å². The zero-order valence-electron chi connectivity index (χ0n) is 12.0. The van der Waals surface area contributed by atoms with Crippen molar-refractivity contribution in [3.8, 4) is 11.4 Å². The van der Waals surface area contributed by atoms with Crippen LogP contribution in [0.4, 0.5) is 17.6 Å². The minimum absolute atomic E-state index is 0.119. The number of rotatable bonds is 4. The molecule has 0 bridgehead atoms. The number of halogens is 5. The number of carbonyl (C=O) groups excluding carboxylic acids is 1. The maximum absolute atomic E-state index is 14.1. The molecule has 0 aliphatic rings. The van der Waals surface area contributed by atoms with Crippen molar-refractivity contribution in [2.75, 3.05) is 6.61 Å². The highest BCUT2D eigenvalue weighted by Crippen LogP contribution is 2.31. The van der Waals surface area contributed by atoms with Crippen LogP contribution in [0.1, 0.15) is 11.1 Å². The van der Waals surface area contributed by atoms with Gasteiger partial charge in [-0.1, -0.05) is 11.6 Å². The molecular formula is C14H9ClF4N2O3. The van der Waals surface area contributed by atoms with Gasteiger partial charge < -0.3 is 4.74 Å². The normalized spacial score (nSPS) is 11.4. The molecule has 10 heteroatoms. The lowest BCUT2D eigenvalue weighted by atomic mass is 10.2. The quantitative estimate of drug-likeness (QED) is 0.618. The fraction of sp³-hybridized carbons (Fsp3) is 0.214. The van der Waals surface area contributed by atoms with Crippen LogP contribution in [0.5, 0.6) is 5.75 Å². The van der Waals surface area contributed by atoms with Crippen molar-refractivity contribution in [1.29, 1.82) is 0 Å². The van der Waals surface area contributed by atoms with E-state index in [9.17, 15) is 27.2 Å². The van der Waals surface area contributed by atoms with E-state index in [1.54, 1.807) is 0 Å². The van der Waals surface area contributed by atoms with E-state index >= 15 is 0 Å². The predicted molar refractivity (Wildman–Crippen MR) is 76.1 cm³/mol. The smallest absolute Gasteiger partial charge is 0.418 e. The number of nitrogens with zero attached hydrogens (tertiary/aromatic N) is 2. The standard InChI is InChI=1S/C14H9ClF4N2O3/c1-7-8(14(17,18)19)6-20-21(13(7)23)11-5-12(24-3-2-22)9(15)4-10(11)16/h2,4-6H,3H2,1H3. The Morgan fingerprint density at radius 2 is 2.04 bits per heavy atom. The molecule has 0 aliphatic carbocycles. The minimum Gasteiger partial charge on any atom is -0.484 e. The van der Waals surface area contributed by atoms with E-state index in [4.69, 9.17) is 16.3 Å². The number of hydrogen-bond acceptors (Lipinski definition) is 4. The average Bonchev–Trinajstić information content (AvgIpc) is 2.48. The number of ether oxygens (including phenoxy) is 1. The van der Waals surface area contributed by atoms with Crippen LogP contribution >= 0.6 is 11.6 Å². The van der Waals surface area contributed by atoms with Gasteiger partial charge in [0.1, 0.15) is 18.0 Å². The van der Waals surface area contributed by atoms with Gasteiger partial charge in [-0.3, -0.25) is 9.59 Å². The molecule has 0 unspecified atom stereocenters. The molecule has 128 valence electrons. The summed E-state index contributed by atoms with van der Waals surface area (Å²) in [5.74, 6) is -1.11. The number of alkyl halides is 3. The fourth-order valence-electron chi connectivity index (χ4n) is 1.91. The molecule has 0 atom stereocenters. The number of aldehydes is 1. The van der Waals surface area contributed by atoms with E-state index in [1.165, 1.54) is 0 Å². The number of carbonyl (C=O) groups is 1. The van der Waals surface area contributed by atoms with Gasteiger partial charge in [0.05, 0.1) is 16.8 Å². The van der Waals surface area contributed by atoms with Crippen molar-refractivity contribution in [2.45, 2.75) is 13.1 Å². The zero-order chi connectivity index (χ0) is 18.1. The monoisotopic (exact) mass is 364 g/mol. The van der Waals surface area contributed by atoms with Crippen LogP contribution in [0.15, 0.2) is 23.1 Å². The molecule has 24 heavy (non-hydrogen) atoms. The highest BCUT2D eigenvalue weighted by molar-refractivity contribution is 6.32. The predicted octanol–water partition coefficient (Wildman–Crippen LogP) is 2.93. The van der Waals surface area contributed by atoms with Crippen LogP contribution in [0, 0.1) is 12.7 Å². The first-order chi connectivity index (χ1) is 11.2. The third-order valence-corrected chi connectivity index (χ3v) is 3.36. The molecule has 0 aliphatic heterocycles. The summed E-state index contributed by atoms with van der Waals surface area (Å²) in [4.78, 5) is 22.4. The van der Waals surface area contributed by atoms with E-state index < -0.39 is 34.4 Å². The second-order valence-electron chi connectivity index (χ2n) is 4.61. The zero-order valence-corrected chi connectivity index (χ0v) is 12.8. The Balaban J connectivity index is 2.62. The highest BCUT2D eigenvalue weighted by atomic mass is 35.5. The molecule has 0 N–H and O–H groups in total. The van der Waals surface area contributed by atoms with Crippen LogP contribution in [-0.2, 0) is 11.0 Å². The van der Waals surface area contributed by atoms with Gasteiger partial charge in [-0.15, -0.1) is 0 Å². The van der Waals surface area contributed by atoms with Crippen molar-refractivity contribution in [2.24, 2.45) is 0 Å². The third kappa shape index (κ3) is 3.40. The molecule has 5 nitrogen and oxygen atoms in total.